The van der Waals surface area contributed by atoms with Crippen LogP contribution < -0.4 is 0 Å². The fraction of sp³-hybridized carbons (Fsp3) is 1.00. The number of aliphatic hydroxyl groups excluding tert-OH is 1. The summed E-state index contributed by atoms with van der Waals surface area (Å²) in [6.07, 6.45) is 4.63. The van der Waals surface area contributed by atoms with E-state index in [1.807, 2.05) is 0 Å². The molecule has 1 aliphatic heterocycles. The summed E-state index contributed by atoms with van der Waals surface area (Å²) in [7, 11) is 0. The third-order valence-electron chi connectivity index (χ3n) is 4.22. The first-order valence-electron chi connectivity index (χ1n) is 6.07. The van der Waals surface area contributed by atoms with Crippen LogP contribution in [0.1, 0.15) is 39.5 Å². The summed E-state index contributed by atoms with van der Waals surface area (Å²) < 4.78 is 5.38. The van der Waals surface area contributed by atoms with Crippen LogP contribution in [0.25, 0.3) is 0 Å². The van der Waals surface area contributed by atoms with Gasteiger partial charge in [0, 0.05) is 5.92 Å². The predicted octanol–water partition coefficient (Wildman–Crippen LogP) is 2.41. The molecule has 1 saturated carbocycles. The predicted molar refractivity (Wildman–Crippen MR) is 55.7 cm³/mol. The van der Waals surface area contributed by atoms with E-state index in [0.717, 1.165) is 12.5 Å². The van der Waals surface area contributed by atoms with Crippen LogP contribution in [0.4, 0.5) is 0 Å². The maximum absolute atomic E-state index is 9.76. The van der Waals surface area contributed by atoms with Crippen molar-refractivity contribution >= 4 is 0 Å². The van der Waals surface area contributed by atoms with E-state index in [2.05, 4.69) is 13.8 Å². The highest BCUT2D eigenvalue weighted by Crippen LogP contribution is 2.50. The molecular formula is C12H22O2. The van der Waals surface area contributed by atoms with E-state index in [9.17, 15) is 5.11 Å². The molecule has 2 aliphatic rings. The van der Waals surface area contributed by atoms with Crippen molar-refractivity contribution in [3.63, 3.8) is 0 Å². The van der Waals surface area contributed by atoms with Gasteiger partial charge in [-0.3, -0.25) is 0 Å². The Hall–Kier alpha value is -0.0800. The SMILES string of the molecule is CCCC1CC(CC)C2C(O)OCC12. The second-order valence-corrected chi connectivity index (χ2v) is 4.92. The van der Waals surface area contributed by atoms with Gasteiger partial charge in [0.2, 0.25) is 0 Å². The standard InChI is InChI=1S/C12H22O2/c1-3-5-9-6-8(4-2)11-10(9)7-14-12(11)13/h8-13H,3-7H2,1-2H3. The number of rotatable bonds is 3. The van der Waals surface area contributed by atoms with E-state index in [1.54, 1.807) is 0 Å². The monoisotopic (exact) mass is 198 g/mol. The molecule has 0 aromatic heterocycles. The molecule has 2 heteroatoms. The Bertz CT molecular complexity index is 193. The molecule has 5 unspecified atom stereocenters. The van der Waals surface area contributed by atoms with Gasteiger partial charge in [-0.2, -0.15) is 0 Å². The van der Waals surface area contributed by atoms with Crippen molar-refractivity contribution in [3.8, 4) is 0 Å². The van der Waals surface area contributed by atoms with Crippen molar-refractivity contribution < 1.29 is 9.84 Å². The Kier molecular flexibility index (Phi) is 3.13. The van der Waals surface area contributed by atoms with E-state index in [1.165, 1.54) is 25.7 Å². The number of hydrogen-bond donors (Lipinski definition) is 1. The Morgan fingerprint density at radius 3 is 2.71 bits per heavy atom. The molecule has 0 amide bonds. The van der Waals surface area contributed by atoms with E-state index in [4.69, 9.17) is 4.74 Å². The van der Waals surface area contributed by atoms with Crippen LogP contribution in [-0.2, 0) is 4.74 Å². The van der Waals surface area contributed by atoms with Gasteiger partial charge in [-0.05, 0) is 24.2 Å². The summed E-state index contributed by atoms with van der Waals surface area (Å²) in [5.41, 5.74) is 0. The van der Waals surface area contributed by atoms with E-state index in [-0.39, 0.29) is 0 Å². The molecule has 0 aromatic carbocycles. The topological polar surface area (TPSA) is 29.5 Å². The summed E-state index contributed by atoms with van der Waals surface area (Å²) >= 11 is 0. The van der Waals surface area contributed by atoms with Gasteiger partial charge in [-0.25, -0.2) is 0 Å². The maximum atomic E-state index is 9.76. The molecule has 82 valence electrons. The van der Waals surface area contributed by atoms with Crippen LogP contribution in [0.3, 0.4) is 0 Å². The molecule has 2 fully saturated rings. The fourth-order valence-electron chi connectivity index (χ4n) is 3.54. The first-order valence-corrected chi connectivity index (χ1v) is 6.07. The molecule has 5 atom stereocenters. The highest BCUT2D eigenvalue weighted by Gasteiger charge is 2.49. The molecule has 14 heavy (non-hydrogen) atoms. The Morgan fingerprint density at radius 1 is 1.29 bits per heavy atom. The van der Waals surface area contributed by atoms with Crippen LogP contribution in [0, 0.1) is 23.7 Å². The summed E-state index contributed by atoms with van der Waals surface area (Å²) in [5.74, 6) is 2.60. The number of aliphatic hydroxyl groups is 1. The number of fused-ring (bicyclic) bond motifs is 1. The zero-order chi connectivity index (χ0) is 10.1. The summed E-state index contributed by atoms with van der Waals surface area (Å²) in [6.45, 7) is 5.29. The fourth-order valence-corrected chi connectivity index (χ4v) is 3.54. The van der Waals surface area contributed by atoms with Crippen LogP contribution in [-0.4, -0.2) is 18.0 Å². The van der Waals surface area contributed by atoms with Crippen molar-refractivity contribution in [1.29, 1.82) is 0 Å². The lowest BCUT2D eigenvalue weighted by molar-refractivity contribution is -0.0927. The van der Waals surface area contributed by atoms with E-state index < -0.39 is 6.29 Å². The van der Waals surface area contributed by atoms with Gasteiger partial charge in [0.1, 0.15) is 0 Å². The third kappa shape index (κ3) is 1.59. The van der Waals surface area contributed by atoms with Gasteiger partial charge in [0.15, 0.2) is 6.29 Å². The average molecular weight is 198 g/mol. The highest BCUT2D eigenvalue weighted by atomic mass is 16.6. The minimum absolute atomic E-state index is 0.441. The molecule has 2 rings (SSSR count). The minimum atomic E-state index is -0.466. The lowest BCUT2D eigenvalue weighted by Crippen LogP contribution is -2.22. The smallest absolute Gasteiger partial charge is 0.157 e. The van der Waals surface area contributed by atoms with Crippen molar-refractivity contribution in [2.75, 3.05) is 6.61 Å². The zero-order valence-electron chi connectivity index (χ0n) is 9.28. The molecule has 1 N–H and O–H groups in total. The Morgan fingerprint density at radius 2 is 2.07 bits per heavy atom. The first-order chi connectivity index (χ1) is 6.77. The van der Waals surface area contributed by atoms with Crippen LogP contribution in [0.2, 0.25) is 0 Å². The Balaban J connectivity index is 2.06. The molecule has 0 bridgehead atoms. The molecule has 0 aromatic rings. The van der Waals surface area contributed by atoms with E-state index >= 15 is 0 Å². The largest absolute Gasteiger partial charge is 0.368 e. The molecule has 0 spiro atoms. The van der Waals surface area contributed by atoms with Crippen LogP contribution >= 0.6 is 0 Å². The normalized spacial score (nSPS) is 46.9. The highest BCUT2D eigenvalue weighted by molar-refractivity contribution is 4.94. The molecule has 1 aliphatic carbocycles. The van der Waals surface area contributed by atoms with Crippen molar-refractivity contribution in [2.45, 2.75) is 45.8 Å². The van der Waals surface area contributed by atoms with Crippen molar-refractivity contribution in [3.05, 3.63) is 0 Å². The maximum Gasteiger partial charge on any atom is 0.157 e. The summed E-state index contributed by atoms with van der Waals surface area (Å²) in [6, 6.07) is 0. The first kappa shape index (κ1) is 10.4. The van der Waals surface area contributed by atoms with Crippen LogP contribution in [0.15, 0.2) is 0 Å². The molecule has 1 saturated heterocycles. The average Bonchev–Trinajstić information content (AvgIpc) is 2.70. The molecule has 0 radical (unpaired) electrons. The minimum Gasteiger partial charge on any atom is -0.368 e. The number of hydrogen-bond acceptors (Lipinski definition) is 2. The lowest BCUT2D eigenvalue weighted by atomic mass is 9.87. The van der Waals surface area contributed by atoms with Crippen molar-refractivity contribution in [1.82, 2.24) is 0 Å². The molecule has 1 heterocycles. The van der Waals surface area contributed by atoms with Gasteiger partial charge < -0.3 is 9.84 Å². The summed E-state index contributed by atoms with van der Waals surface area (Å²) in [5, 5.41) is 9.76. The Labute approximate surface area is 86.6 Å². The second-order valence-electron chi connectivity index (χ2n) is 4.92. The molecular weight excluding hydrogens is 176 g/mol. The van der Waals surface area contributed by atoms with Gasteiger partial charge >= 0.3 is 0 Å². The number of ether oxygens (including phenoxy) is 1. The molecule has 2 nitrogen and oxygen atoms in total. The zero-order valence-corrected chi connectivity index (χ0v) is 9.28. The van der Waals surface area contributed by atoms with Gasteiger partial charge in [0.05, 0.1) is 6.61 Å². The third-order valence-corrected chi connectivity index (χ3v) is 4.22. The van der Waals surface area contributed by atoms with E-state index in [0.29, 0.717) is 17.8 Å². The van der Waals surface area contributed by atoms with Gasteiger partial charge in [-0.15, -0.1) is 0 Å². The lowest BCUT2D eigenvalue weighted by Gasteiger charge is -2.18. The van der Waals surface area contributed by atoms with Crippen LogP contribution in [0.5, 0.6) is 0 Å². The van der Waals surface area contributed by atoms with Crippen molar-refractivity contribution in [2.24, 2.45) is 23.7 Å². The summed E-state index contributed by atoms with van der Waals surface area (Å²) in [4.78, 5) is 0. The quantitative estimate of drug-likeness (QED) is 0.754. The second kappa shape index (κ2) is 4.19. The van der Waals surface area contributed by atoms with Gasteiger partial charge in [-0.1, -0.05) is 33.1 Å². The van der Waals surface area contributed by atoms with Gasteiger partial charge in [0.25, 0.3) is 0 Å².